The third kappa shape index (κ3) is 1.77. The van der Waals surface area contributed by atoms with Crippen molar-refractivity contribution in [2.75, 3.05) is 0 Å². The molecule has 0 radical (unpaired) electrons. The maximum absolute atomic E-state index is 2.34. The van der Waals surface area contributed by atoms with Crippen molar-refractivity contribution in [1.82, 2.24) is 0 Å². The van der Waals surface area contributed by atoms with Crippen LogP contribution in [0.15, 0.2) is 24.3 Å². The summed E-state index contributed by atoms with van der Waals surface area (Å²) in [4.78, 5) is 0. The molecule has 2 rings (SSSR count). The lowest BCUT2D eigenvalue weighted by Gasteiger charge is -2.35. The van der Waals surface area contributed by atoms with E-state index in [1.165, 1.54) is 24.8 Å². The van der Waals surface area contributed by atoms with Gasteiger partial charge in [-0.05, 0) is 37.2 Å². The molecule has 0 heterocycles. The van der Waals surface area contributed by atoms with Crippen LogP contribution in [0.25, 0.3) is 0 Å². The van der Waals surface area contributed by atoms with Crippen molar-refractivity contribution in [2.24, 2.45) is 5.92 Å². The van der Waals surface area contributed by atoms with Crippen LogP contribution in [0.1, 0.15) is 43.2 Å². The number of hydrogen-bond acceptors (Lipinski definition) is 0. The molecule has 0 N–H and O–H groups in total. The van der Waals surface area contributed by atoms with Gasteiger partial charge in [0.15, 0.2) is 0 Å². The predicted molar refractivity (Wildman–Crippen MR) is 56.9 cm³/mol. The number of hydrogen-bond donors (Lipinski definition) is 0. The van der Waals surface area contributed by atoms with E-state index in [9.17, 15) is 0 Å². The van der Waals surface area contributed by atoms with E-state index in [1.807, 2.05) is 0 Å². The first-order valence-electron chi connectivity index (χ1n) is 5.36. The summed E-state index contributed by atoms with van der Waals surface area (Å²) >= 11 is 0. The second-order valence-corrected chi connectivity index (χ2v) is 4.36. The zero-order valence-electron chi connectivity index (χ0n) is 8.59. The van der Waals surface area contributed by atoms with Gasteiger partial charge in [0.25, 0.3) is 0 Å². The number of aryl methyl sites for hydroxylation is 1. The summed E-state index contributed by atoms with van der Waals surface area (Å²) in [6.07, 6.45) is 4.20. The monoisotopic (exact) mass is 174 g/mol. The lowest BCUT2D eigenvalue weighted by molar-refractivity contribution is 0.256. The minimum atomic E-state index is 0.866. The molecule has 1 fully saturated rings. The Morgan fingerprint density at radius 1 is 1.31 bits per heavy atom. The van der Waals surface area contributed by atoms with E-state index in [-0.39, 0.29) is 0 Å². The molecule has 0 aliphatic heterocycles. The summed E-state index contributed by atoms with van der Waals surface area (Å²) < 4.78 is 0. The summed E-state index contributed by atoms with van der Waals surface area (Å²) in [5.74, 6) is 1.87. The van der Waals surface area contributed by atoms with Gasteiger partial charge in [-0.25, -0.2) is 0 Å². The van der Waals surface area contributed by atoms with Crippen molar-refractivity contribution >= 4 is 0 Å². The van der Waals surface area contributed by atoms with Gasteiger partial charge in [-0.3, -0.25) is 0 Å². The summed E-state index contributed by atoms with van der Waals surface area (Å²) in [7, 11) is 0. The zero-order chi connectivity index (χ0) is 9.26. The van der Waals surface area contributed by atoms with Gasteiger partial charge in [0.05, 0.1) is 0 Å². The van der Waals surface area contributed by atoms with Crippen LogP contribution in [0, 0.1) is 12.8 Å². The van der Waals surface area contributed by atoms with Crippen molar-refractivity contribution in [1.29, 1.82) is 0 Å². The molecule has 1 aliphatic carbocycles. The molecule has 0 heteroatoms. The van der Waals surface area contributed by atoms with E-state index in [2.05, 4.69) is 38.1 Å². The van der Waals surface area contributed by atoms with Crippen molar-refractivity contribution in [2.45, 2.75) is 39.0 Å². The lowest BCUT2D eigenvalue weighted by atomic mass is 9.70. The predicted octanol–water partition coefficient (Wildman–Crippen LogP) is 3.90. The van der Waals surface area contributed by atoms with Crippen LogP contribution in [0.5, 0.6) is 0 Å². The number of rotatable bonds is 2. The minimum Gasteiger partial charge on any atom is -0.0651 e. The highest BCUT2D eigenvalue weighted by molar-refractivity contribution is 5.27. The van der Waals surface area contributed by atoms with Crippen LogP contribution in [-0.4, -0.2) is 0 Å². The maximum atomic E-state index is 2.34. The number of benzene rings is 1. The molecule has 0 nitrogen and oxygen atoms in total. The van der Waals surface area contributed by atoms with Crippen molar-refractivity contribution in [3.8, 4) is 0 Å². The second-order valence-electron chi connectivity index (χ2n) is 4.36. The Morgan fingerprint density at radius 2 is 2.08 bits per heavy atom. The van der Waals surface area contributed by atoms with Crippen LogP contribution < -0.4 is 0 Å². The van der Waals surface area contributed by atoms with Gasteiger partial charge in [0.1, 0.15) is 0 Å². The Balaban J connectivity index is 2.03. The Morgan fingerprint density at radius 3 is 2.69 bits per heavy atom. The molecule has 0 spiro atoms. The fraction of sp³-hybridized carbons (Fsp3) is 0.538. The molecule has 0 saturated heterocycles. The van der Waals surface area contributed by atoms with Gasteiger partial charge >= 0.3 is 0 Å². The molecule has 0 amide bonds. The topological polar surface area (TPSA) is 0 Å². The summed E-state index contributed by atoms with van der Waals surface area (Å²) in [6.45, 7) is 4.48. The first-order chi connectivity index (χ1) is 6.29. The first kappa shape index (κ1) is 8.80. The molecule has 70 valence electrons. The van der Waals surface area contributed by atoms with Crippen LogP contribution in [0.2, 0.25) is 0 Å². The van der Waals surface area contributed by atoms with Gasteiger partial charge in [-0.2, -0.15) is 0 Å². The highest BCUT2D eigenvalue weighted by Crippen LogP contribution is 2.43. The van der Waals surface area contributed by atoms with E-state index in [0.29, 0.717) is 0 Å². The molecule has 1 aromatic carbocycles. The van der Waals surface area contributed by atoms with Gasteiger partial charge in [-0.15, -0.1) is 0 Å². The molecular weight excluding hydrogens is 156 g/mol. The summed E-state index contributed by atoms with van der Waals surface area (Å²) in [6, 6.07) is 8.99. The van der Waals surface area contributed by atoms with E-state index < -0.39 is 0 Å². The third-order valence-electron chi connectivity index (χ3n) is 3.33. The van der Waals surface area contributed by atoms with E-state index >= 15 is 0 Å². The fourth-order valence-corrected chi connectivity index (χ4v) is 2.27. The molecule has 1 aliphatic rings. The first-order valence-corrected chi connectivity index (χ1v) is 5.36. The van der Waals surface area contributed by atoms with Gasteiger partial charge in [0.2, 0.25) is 0 Å². The average Bonchev–Trinajstić information content (AvgIpc) is 2.02. The molecule has 0 aromatic heterocycles. The molecule has 1 aromatic rings. The Kier molecular flexibility index (Phi) is 2.39. The Labute approximate surface area is 81.0 Å². The molecule has 0 unspecified atom stereocenters. The van der Waals surface area contributed by atoms with Crippen LogP contribution in [-0.2, 0) is 0 Å². The third-order valence-corrected chi connectivity index (χ3v) is 3.33. The van der Waals surface area contributed by atoms with Gasteiger partial charge in [0, 0.05) is 0 Å². The average molecular weight is 174 g/mol. The molecule has 0 atom stereocenters. The van der Waals surface area contributed by atoms with Crippen LogP contribution in [0.3, 0.4) is 0 Å². The van der Waals surface area contributed by atoms with Crippen LogP contribution in [0.4, 0.5) is 0 Å². The quantitative estimate of drug-likeness (QED) is 0.638. The van der Waals surface area contributed by atoms with Gasteiger partial charge < -0.3 is 0 Å². The normalized spacial score (nSPS) is 26.9. The van der Waals surface area contributed by atoms with E-state index in [1.54, 1.807) is 5.56 Å². The molecule has 13 heavy (non-hydrogen) atoms. The summed E-state index contributed by atoms with van der Waals surface area (Å²) in [5, 5.41) is 0. The van der Waals surface area contributed by atoms with Crippen LogP contribution >= 0.6 is 0 Å². The highest BCUT2D eigenvalue weighted by atomic mass is 14.3. The van der Waals surface area contributed by atoms with Crippen molar-refractivity contribution in [3.05, 3.63) is 35.4 Å². The largest absolute Gasteiger partial charge is 0.0651 e. The van der Waals surface area contributed by atoms with E-state index in [0.717, 1.165) is 11.8 Å². The maximum Gasteiger partial charge on any atom is -0.0157 e. The lowest BCUT2D eigenvalue weighted by Crippen LogP contribution is -2.20. The molecule has 0 bridgehead atoms. The van der Waals surface area contributed by atoms with Gasteiger partial charge in [-0.1, -0.05) is 43.2 Å². The Bertz CT molecular complexity index is 282. The smallest absolute Gasteiger partial charge is 0.0157 e. The van der Waals surface area contributed by atoms with E-state index in [4.69, 9.17) is 0 Å². The highest BCUT2D eigenvalue weighted by Gasteiger charge is 2.28. The Hall–Kier alpha value is -0.780. The fourth-order valence-electron chi connectivity index (χ4n) is 2.27. The zero-order valence-corrected chi connectivity index (χ0v) is 8.59. The van der Waals surface area contributed by atoms with Crippen molar-refractivity contribution < 1.29 is 0 Å². The standard InChI is InChI=1S/C13H18/c1-3-11-8-13(9-11)12-6-4-5-10(2)7-12/h4-7,11,13H,3,8-9H2,1-2H3. The summed E-state index contributed by atoms with van der Waals surface area (Å²) in [5.41, 5.74) is 2.96. The van der Waals surface area contributed by atoms with Crippen molar-refractivity contribution in [3.63, 3.8) is 0 Å². The minimum absolute atomic E-state index is 0.866. The molecule has 1 saturated carbocycles. The SMILES string of the molecule is CCC1CC(c2cccc(C)c2)C1. The molecular formula is C13H18. The second kappa shape index (κ2) is 3.53.